The fourth-order valence-electron chi connectivity index (χ4n) is 3.19. The molecule has 0 aromatic heterocycles. The smallest absolute Gasteiger partial charge is 0.244 e. The lowest BCUT2D eigenvalue weighted by atomic mass is 10.1. The van der Waals surface area contributed by atoms with Gasteiger partial charge in [0.1, 0.15) is 23.9 Å². The highest BCUT2D eigenvalue weighted by Gasteiger charge is 2.19. The van der Waals surface area contributed by atoms with Gasteiger partial charge in [0, 0.05) is 12.6 Å². The Kier molecular flexibility index (Phi) is 7.80. The monoisotopic (exact) mass is 436 g/mol. The largest absolute Gasteiger partial charge is 0.497 e. The van der Waals surface area contributed by atoms with Crippen molar-refractivity contribution < 1.29 is 23.5 Å². The summed E-state index contributed by atoms with van der Waals surface area (Å²) in [7, 11) is 3.04. The zero-order valence-corrected chi connectivity index (χ0v) is 18.0. The molecule has 0 aliphatic heterocycles. The Hall–Kier alpha value is -3.87. The molecular weight excluding hydrogens is 411 g/mol. The van der Waals surface area contributed by atoms with Crippen LogP contribution in [0.4, 0.5) is 10.1 Å². The average Bonchev–Trinajstić information content (AvgIpc) is 2.81. The van der Waals surface area contributed by atoms with Crippen molar-refractivity contribution >= 4 is 17.5 Å². The Morgan fingerprint density at radius 1 is 0.906 bits per heavy atom. The molecule has 7 heteroatoms. The Bertz CT molecular complexity index is 1060. The van der Waals surface area contributed by atoms with Gasteiger partial charge in [0.2, 0.25) is 11.8 Å². The van der Waals surface area contributed by atoms with E-state index < -0.39 is 0 Å². The normalized spacial score (nSPS) is 10.3. The van der Waals surface area contributed by atoms with Crippen molar-refractivity contribution in [2.24, 2.45) is 0 Å². The molecule has 0 heterocycles. The maximum atomic E-state index is 13.3. The molecule has 0 aliphatic rings. The number of benzene rings is 3. The van der Waals surface area contributed by atoms with E-state index in [2.05, 4.69) is 5.32 Å². The molecule has 0 unspecified atom stereocenters. The molecule has 3 rings (SSSR count). The first-order valence-electron chi connectivity index (χ1n) is 10.1. The van der Waals surface area contributed by atoms with Crippen LogP contribution in [-0.2, 0) is 22.6 Å². The van der Waals surface area contributed by atoms with Crippen LogP contribution < -0.4 is 14.8 Å². The zero-order chi connectivity index (χ0) is 22.9. The molecule has 1 N–H and O–H groups in total. The summed E-state index contributed by atoms with van der Waals surface area (Å²) >= 11 is 0. The van der Waals surface area contributed by atoms with Crippen molar-refractivity contribution in [3.63, 3.8) is 0 Å². The molecule has 0 bridgehead atoms. The van der Waals surface area contributed by atoms with Crippen LogP contribution in [0.25, 0.3) is 0 Å². The summed E-state index contributed by atoms with van der Waals surface area (Å²) in [6.07, 6.45) is 0.154. The Morgan fingerprint density at radius 3 is 2.28 bits per heavy atom. The number of anilines is 1. The highest BCUT2D eigenvalue weighted by Crippen LogP contribution is 2.29. The Labute approximate surface area is 186 Å². The summed E-state index contributed by atoms with van der Waals surface area (Å²) in [4.78, 5) is 27.3. The Morgan fingerprint density at radius 2 is 1.62 bits per heavy atom. The first-order valence-corrected chi connectivity index (χ1v) is 10.1. The number of amides is 2. The number of nitrogens with one attached hydrogen (secondary N) is 1. The molecule has 0 saturated carbocycles. The fourth-order valence-corrected chi connectivity index (χ4v) is 3.19. The van der Waals surface area contributed by atoms with E-state index in [0.717, 1.165) is 11.1 Å². The van der Waals surface area contributed by atoms with Gasteiger partial charge >= 0.3 is 0 Å². The summed E-state index contributed by atoms with van der Waals surface area (Å²) in [5, 5.41) is 2.78. The quantitative estimate of drug-likeness (QED) is 0.550. The van der Waals surface area contributed by atoms with Crippen molar-refractivity contribution in [2.45, 2.75) is 13.0 Å². The standard InChI is InChI=1S/C25H25FN2O4/c1-31-21-12-13-22(23(15-21)32-2)27-24(29)17-28(16-19-8-10-20(26)11-9-19)25(30)14-18-6-4-3-5-7-18/h3-13,15H,14,16-17H2,1-2H3,(H,27,29). The number of nitrogens with zero attached hydrogens (tertiary/aromatic N) is 1. The minimum absolute atomic E-state index is 0.154. The van der Waals surface area contributed by atoms with Gasteiger partial charge < -0.3 is 19.7 Å². The summed E-state index contributed by atoms with van der Waals surface area (Å²) in [5.74, 6) is 0.0869. The van der Waals surface area contributed by atoms with E-state index >= 15 is 0 Å². The van der Waals surface area contributed by atoms with Crippen molar-refractivity contribution in [1.29, 1.82) is 0 Å². The first kappa shape index (κ1) is 22.8. The molecule has 32 heavy (non-hydrogen) atoms. The van der Waals surface area contributed by atoms with E-state index in [9.17, 15) is 14.0 Å². The van der Waals surface area contributed by atoms with E-state index in [0.29, 0.717) is 17.2 Å². The van der Waals surface area contributed by atoms with Crippen molar-refractivity contribution in [1.82, 2.24) is 4.90 Å². The summed E-state index contributed by atoms with van der Waals surface area (Å²) in [6, 6.07) is 20.2. The lowest BCUT2D eigenvalue weighted by Crippen LogP contribution is -2.38. The molecule has 0 spiro atoms. The van der Waals surface area contributed by atoms with Crippen LogP contribution in [0.15, 0.2) is 72.8 Å². The number of halogens is 1. The van der Waals surface area contributed by atoms with Crippen molar-refractivity contribution in [2.75, 3.05) is 26.1 Å². The van der Waals surface area contributed by atoms with Gasteiger partial charge in [0.05, 0.1) is 26.3 Å². The minimum Gasteiger partial charge on any atom is -0.497 e. The number of hydrogen-bond acceptors (Lipinski definition) is 4. The van der Waals surface area contributed by atoms with Crippen molar-refractivity contribution in [3.8, 4) is 11.5 Å². The van der Waals surface area contributed by atoms with Gasteiger partial charge in [-0.1, -0.05) is 42.5 Å². The van der Waals surface area contributed by atoms with E-state index in [1.165, 1.54) is 24.1 Å². The highest BCUT2D eigenvalue weighted by molar-refractivity contribution is 5.96. The molecule has 0 fully saturated rings. The van der Waals surface area contributed by atoms with Gasteiger partial charge in [-0.3, -0.25) is 9.59 Å². The molecule has 2 amide bonds. The maximum Gasteiger partial charge on any atom is 0.244 e. The fraction of sp³-hybridized carbons (Fsp3) is 0.200. The molecular formula is C25H25FN2O4. The summed E-state index contributed by atoms with van der Waals surface area (Å²) in [5.41, 5.74) is 2.04. The molecule has 0 radical (unpaired) electrons. The third-order valence-corrected chi connectivity index (χ3v) is 4.85. The molecule has 3 aromatic rings. The van der Waals surface area contributed by atoms with E-state index in [-0.39, 0.29) is 37.1 Å². The zero-order valence-electron chi connectivity index (χ0n) is 18.0. The van der Waals surface area contributed by atoms with Crippen LogP contribution in [0.1, 0.15) is 11.1 Å². The number of rotatable bonds is 9. The van der Waals surface area contributed by atoms with Gasteiger partial charge in [0.15, 0.2) is 0 Å². The highest BCUT2D eigenvalue weighted by atomic mass is 19.1. The lowest BCUT2D eigenvalue weighted by Gasteiger charge is -2.23. The first-order chi connectivity index (χ1) is 15.5. The van der Waals surface area contributed by atoms with Crippen LogP contribution in [0, 0.1) is 5.82 Å². The predicted octanol–water partition coefficient (Wildman–Crippen LogP) is 4.05. The SMILES string of the molecule is COc1ccc(NC(=O)CN(Cc2ccc(F)cc2)C(=O)Cc2ccccc2)c(OC)c1. The molecule has 166 valence electrons. The molecule has 3 aromatic carbocycles. The third kappa shape index (κ3) is 6.31. The second kappa shape index (κ2) is 10.9. The number of ether oxygens (including phenoxy) is 2. The van der Waals surface area contributed by atoms with Gasteiger partial charge in [-0.15, -0.1) is 0 Å². The van der Waals surface area contributed by atoms with Gasteiger partial charge in [0.25, 0.3) is 0 Å². The molecule has 0 atom stereocenters. The maximum absolute atomic E-state index is 13.3. The van der Waals surface area contributed by atoms with Crippen LogP contribution in [-0.4, -0.2) is 37.5 Å². The van der Waals surface area contributed by atoms with E-state index in [1.807, 2.05) is 30.3 Å². The third-order valence-electron chi connectivity index (χ3n) is 4.85. The van der Waals surface area contributed by atoms with Crippen LogP contribution in [0.2, 0.25) is 0 Å². The Balaban J connectivity index is 1.75. The minimum atomic E-state index is -0.378. The number of methoxy groups -OCH3 is 2. The summed E-state index contributed by atoms with van der Waals surface area (Å²) in [6.45, 7) is 0.0113. The van der Waals surface area contributed by atoms with E-state index in [4.69, 9.17) is 9.47 Å². The van der Waals surface area contributed by atoms with Gasteiger partial charge in [-0.2, -0.15) is 0 Å². The topological polar surface area (TPSA) is 67.9 Å². The van der Waals surface area contributed by atoms with Gasteiger partial charge in [-0.25, -0.2) is 4.39 Å². The van der Waals surface area contributed by atoms with Crippen LogP contribution in [0.5, 0.6) is 11.5 Å². The summed E-state index contributed by atoms with van der Waals surface area (Å²) < 4.78 is 23.8. The number of hydrogen-bond donors (Lipinski definition) is 1. The van der Waals surface area contributed by atoms with Crippen LogP contribution in [0.3, 0.4) is 0 Å². The number of carbonyl (C=O) groups is 2. The second-order valence-electron chi connectivity index (χ2n) is 7.15. The number of carbonyl (C=O) groups excluding carboxylic acids is 2. The molecule has 0 saturated heterocycles. The second-order valence-corrected chi connectivity index (χ2v) is 7.15. The van der Waals surface area contributed by atoms with Gasteiger partial charge in [-0.05, 0) is 35.4 Å². The lowest BCUT2D eigenvalue weighted by molar-refractivity contribution is -0.134. The van der Waals surface area contributed by atoms with E-state index in [1.54, 1.807) is 37.4 Å². The van der Waals surface area contributed by atoms with Crippen molar-refractivity contribution in [3.05, 3.63) is 89.7 Å². The molecule has 6 nitrogen and oxygen atoms in total. The predicted molar refractivity (Wildman–Crippen MR) is 120 cm³/mol. The van der Waals surface area contributed by atoms with Crippen LogP contribution >= 0.6 is 0 Å². The molecule has 0 aliphatic carbocycles. The average molecular weight is 436 g/mol.